The normalized spacial score (nSPS) is 13.7. The van der Waals surface area contributed by atoms with Crippen LogP contribution < -0.4 is 0 Å². The second-order valence-electron chi connectivity index (χ2n) is 6.56. The van der Waals surface area contributed by atoms with E-state index in [0.717, 1.165) is 43.2 Å². The van der Waals surface area contributed by atoms with Crippen LogP contribution >= 0.6 is 0 Å². The topological polar surface area (TPSA) is 96.0 Å². The van der Waals surface area contributed by atoms with E-state index in [1.54, 1.807) is 24.3 Å². The summed E-state index contributed by atoms with van der Waals surface area (Å²) in [7, 11) is 1.86. The first-order valence-electron chi connectivity index (χ1n) is 8.78. The molecule has 2 heterocycles. The third kappa shape index (κ3) is 4.26. The number of cyclic esters (lactones) is 4. The highest BCUT2D eigenvalue weighted by Gasteiger charge is 2.34. The fraction of sp³-hybridized carbons (Fsp3) is 0.200. The van der Waals surface area contributed by atoms with E-state index in [0.29, 0.717) is 22.3 Å². The molecule has 0 amide bonds. The summed E-state index contributed by atoms with van der Waals surface area (Å²) in [5.41, 5.74) is 5.42. The molecule has 0 unspecified atom stereocenters. The lowest BCUT2D eigenvalue weighted by Gasteiger charge is -2.11. The van der Waals surface area contributed by atoms with Gasteiger partial charge in [-0.05, 0) is 62.1 Å². The summed E-state index contributed by atoms with van der Waals surface area (Å²) < 4.78 is 13.5. The zero-order chi connectivity index (χ0) is 21.9. The predicted octanol–water partition coefficient (Wildman–Crippen LogP) is 0.792. The molecule has 0 saturated carbocycles. The van der Waals surface area contributed by atoms with Crippen LogP contribution in [0.25, 0.3) is 0 Å². The number of fused-ring (bicyclic) bond motifs is 2. The Morgan fingerprint density at radius 1 is 0.621 bits per heavy atom. The number of hydrogen-bond acceptors (Lipinski definition) is 7. The lowest BCUT2D eigenvalue weighted by molar-refractivity contribution is 0.0425. The molecule has 0 atom stereocenters. The van der Waals surface area contributed by atoms with Gasteiger partial charge in [-0.1, -0.05) is 12.1 Å². The Kier molecular flexibility index (Phi) is 7.01. The number of carbonyl (C=O) groups is 4. The molecule has 9 heteroatoms. The average molecular weight is 431 g/mol. The largest absolute Gasteiger partial charge is 0.471 e. The maximum atomic E-state index is 11.5. The van der Waals surface area contributed by atoms with Crippen LogP contribution in [0.1, 0.15) is 63.7 Å². The molecular formula is C20H22O7Si2. The third-order valence-electron chi connectivity index (χ3n) is 4.83. The van der Waals surface area contributed by atoms with Crippen molar-refractivity contribution in [3.05, 3.63) is 68.8 Å². The van der Waals surface area contributed by atoms with Crippen LogP contribution in [0.3, 0.4) is 0 Å². The van der Waals surface area contributed by atoms with Crippen LogP contribution in [0, 0.1) is 27.7 Å². The molecule has 2 aromatic carbocycles. The highest BCUT2D eigenvalue weighted by Crippen LogP contribution is 2.31. The standard InChI is InChI=1S/C12H12O3.C8H4O3.H6OSi2/c1-5-6(2)8(4)10-9(7(5)3)11(13)15-12(10)14;9-7-5-3-1-2-4-6(5)8(10)11-7;2-1-3/h1-4H3;1-4H;2-3H3. The van der Waals surface area contributed by atoms with Crippen molar-refractivity contribution in [3.63, 3.8) is 0 Å². The zero-order valence-electron chi connectivity index (χ0n) is 17.2. The Morgan fingerprint density at radius 2 is 0.931 bits per heavy atom. The summed E-state index contributed by atoms with van der Waals surface area (Å²) >= 11 is 0. The average Bonchev–Trinajstić information content (AvgIpc) is 3.15. The Hall–Kier alpha value is -2.89. The van der Waals surface area contributed by atoms with Gasteiger partial charge in [-0.25, -0.2) is 19.2 Å². The first-order valence-corrected chi connectivity index (χ1v) is 10.4. The molecule has 4 rings (SSSR count). The van der Waals surface area contributed by atoms with Crippen LogP contribution in [0.4, 0.5) is 0 Å². The fourth-order valence-corrected chi connectivity index (χ4v) is 3.04. The molecule has 0 bridgehead atoms. The van der Waals surface area contributed by atoms with Gasteiger partial charge in [0.05, 0.1) is 22.3 Å². The molecule has 2 aliphatic rings. The van der Waals surface area contributed by atoms with Crippen LogP contribution in [-0.4, -0.2) is 44.8 Å². The van der Waals surface area contributed by atoms with E-state index in [4.69, 9.17) is 0 Å². The Bertz CT molecular complexity index is 950. The second-order valence-corrected chi connectivity index (χ2v) is 9.82. The van der Waals surface area contributed by atoms with Gasteiger partial charge in [-0.15, -0.1) is 0 Å². The summed E-state index contributed by atoms with van der Waals surface area (Å²) in [5, 5.41) is 0. The van der Waals surface area contributed by atoms with Gasteiger partial charge < -0.3 is 13.6 Å². The summed E-state index contributed by atoms with van der Waals surface area (Å²) in [6.07, 6.45) is 0. The monoisotopic (exact) mass is 430 g/mol. The molecule has 0 radical (unpaired) electrons. The van der Waals surface area contributed by atoms with Crippen molar-refractivity contribution in [2.45, 2.75) is 27.7 Å². The van der Waals surface area contributed by atoms with Gasteiger partial charge in [0.25, 0.3) is 0 Å². The predicted molar refractivity (Wildman–Crippen MR) is 112 cm³/mol. The smallest absolute Gasteiger partial charge is 0.347 e. The third-order valence-corrected chi connectivity index (χ3v) is 4.83. The van der Waals surface area contributed by atoms with Crippen molar-refractivity contribution in [2.24, 2.45) is 0 Å². The van der Waals surface area contributed by atoms with E-state index in [2.05, 4.69) is 13.6 Å². The quantitative estimate of drug-likeness (QED) is 0.346. The number of hydrogen-bond donors (Lipinski definition) is 0. The molecule has 0 aromatic heterocycles. The maximum Gasteiger partial charge on any atom is 0.347 e. The number of ether oxygens (including phenoxy) is 2. The highest BCUT2D eigenvalue weighted by molar-refractivity contribution is 6.17. The van der Waals surface area contributed by atoms with Gasteiger partial charge in [0.15, 0.2) is 0 Å². The molecule has 0 aliphatic carbocycles. The molecule has 152 valence electrons. The lowest BCUT2D eigenvalue weighted by atomic mass is 9.90. The van der Waals surface area contributed by atoms with Crippen LogP contribution in [0.2, 0.25) is 0 Å². The van der Waals surface area contributed by atoms with Crippen molar-refractivity contribution in [3.8, 4) is 0 Å². The van der Waals surface area contributed by atoms with Crippen molar-refractivity contribution >= 4 is 44.8 Å². The van der Waals surface area contributed by atoms with E-state index >= 15 is 0 Å². The van der Waals surface area contributed by atoms with Crippen molar-refractivity contribution in [2.75, 3.05) is 0 Å². The second kappa shape index (κ2) is 9.08. The molecule has 2 aromatic rings. The molecule has 2 aliphatic heterocycles. The first kappa shape index (κ1) is 22.4. The van der Waals surface area contributed by atoms with E-state index < -0.39 is 23.9 Å². The molecular weight excluding hydrogens is 408 g/mol. The summed E-state index contributed by atoms with van der Waals surface area (Å²) in [5.74, 6) is -2.13. The number of benzene rings is 2. The minimum absolute atomic E-state index is 0.359. The van der Waals surface area contributed by atoms with E-state index in [9.17, 15) is 19.2 Å². The first-order chi connectivity index (χ1) is 13.6. The molecule has 0 N–H and O–H groups in total. The molecule has 29 heavy (non-hydrogen) atoms. The Balaban J connectivity index is 0.000000189. The Morgan fingerprint density at radius 3 is 1.28 bits per heavy atom. The molecule has 0 fully saturated rings. The van der Waals surface area contributed by atoms with Crippen molar-refractivity contribution in [1.82, 2.24) is 0 Å². The zero-order valence-corrected chi connectivity index (χ0v) is 21.2. The molecule has 7 nitrogen and oxygen atoms in total. The molecule has 0 spiro atoms. The van der Waals surface area contributed by atoms with Crippen molar-refractivity contribution < 1.29 is 32.8 Å². The lowest BCUT2D eigenvalue weighted by Crippen LogP contribution is -2.04. The van der Waals surface area contributed by atoms with Crippen molar-refractivity contribution in [1.29, 1.82) is 0 Å². The van der Waals surface area contributed by atoms with E-state index in [1.165, 1.54) is 0 Å². The maximum absolute atomic E-state index is 11.5. The minimum atomic E-state index is -0.550. The van der Waals surface area contributed by atoms with Gasteiger partial charge in [0, 0.05) is 0 Å². The Labute approximate surface area is 174 Å². The van der Waals surface area contributed by atoms with E-state index in [-0.39, 0.29) is 0 Å². The summed E-state index contributed by atoms with van der Waals surface area (Å²) in [6, 6.07) is 6.53. The fourth-order valence-electron chi connectivity index (χ4n) is 3.04. The van der Waals surface area contributed by atoms with Crippen LogP contribution in [0.15, 0.2) is 24.3 Å². The van der Waals surface area contributed by atoms with Gasteiger partial charge >= 0.3 is 23.9 Å². The minimum Gasteiger partial charge on any atom is -0.471 e. The van der Waals surface area contributed by atoms with Gasteiger partial charge in [0.1, 0.15) is 21.0 Å². The van der Waals surface area contributed by atoms with Gasteiger partial charge in [0.2, 0.25) is 0 Å². The summed E-state index contributed by atoms with van der Waals surface area (Å²) in [6.45, 7) is 7.60. The number of carbonyl (C=O) groups excluding carboxylic acids is 4. The van der Waals surface area contributed by atoms with Crippen LogP contribution in [0.5, 0.6) is 0 Å². The SMILES string of the molecule is Cc1c(C)c(C)c2c(c1C)C(=O)OC2=O.O=C1OC(=O)c2ccccc21.[SiH3]O[SiH3]. The van der Waals surface area contributed by atoms with Gasteiger partial charge in [-0.3, -0.25) is 0 Å². The summed E-state index contributed by atoms with van der Waals surface area (Å²) in [4.78, 5) is 44.6. The number of rotatable bonds is 0. The number of esters is 4. The molecule has 0 saturated heterocycles. The van der Waals surface area contributed by atoms with Crippen LogP contribution in [-0.2, 0) is 13.6 Å². The van der Waals surface area contributed by atoms with E-state index in [1.807, 2.05) is 27.7 Å². The van der Waals surface area contributed by atoms with Gasteiger partial charge in [-0.2, -0.15) is 0 Å². The highest BCUT2D eigenvalue weighted by atomic mass is 28.3.